The van der Waals surface area contributed by atoms with Gasteiger partial charge in [0.25, 0.3) is 0 Å². The fourth-order valence-electron chi connectivity index (χ4n) is 3.91. The van der Waals surface area contributed by atoms with E-state index in [9.17, 15) is 0 Å². The van der Waals surface area contributed by atoms with Gasteiger partial charge < -0.3 is 19.1 Å². The molecule has 0 spiro atoms. The molecule has 3 aromatic rings. The quantitative estimate of drug-likeness (QED) is 0.590. The van der Waals surface area contributed by atoms with Crippen molar-refractivity contribution in [1.82, 2.24) is 9.88 Å². The maximum absolute atomic E-state index is 5.80. The number of fused-ring (bicyclic) bond motifs is 1. The summed E-state index contributed by atoms with van der Waals surface area (Å²) < 4.78 is 16.7. The summed E-state index contributed by atoms with van der Waals surface area (Å²) in [6.45, 7) is 7.89. The van der Waals surface area contributed by atoms with Gasteiger partial charge in [-0.25, -0.2) is 4.98 Å². The zero-order chi connectivity index (χ0) is 20.3. The molecule has 30 heavy (non-hydrogen) atoms. The molecule has 1 saturated heterocycles. The SMILES string of the molecule is CCOc1ccccc1N1CCN(Cc2csc(-c3ccc4c(c3)OCO4)n2)CC1. The molecule has 2 aliphatic rings. The Morgan fingerprint density at radius 1 is 1.03 bits per heavy atom. The van der Waals surface area contributed by atoms with E-state index >= 15 is 0 Å². The van der Waals surface area contributed by atoms with Crippen molar-refractivity contribution in [3.63, 3.8) is 0 Å². The number of thiazole rings is 1. The summed E-state index contributed by atoms with van der Waals surface area (Å²) in [6, 6.07) is 14.3. The van der Waals surface area contributed by atoms with Crippen LogP contribution in [0.25, 0.3) is 10.6 Å². The fraction of sp³-hybridized carbons (Fsp3) is 0.348. The Hall–Kier alpha value is -2.77. The first kappa shape index (κ1) is 19.2. The van der Waals surface area contributed by atoms with Gasteiger partial charge in [-0.1, -0.05) is 12.1 Å². The van der Waals surface area contributed by atoms with Gasteiger partial charge in [-0.3, -0.25) is 4.90 Å². The lowest BCUT2D eigenvalue weighted by Crippen LogP contribution is -2.46. The first-order chi connectivity index (χ1) is 14.8. The summed E-state index contributed by atoms with van der Waals surface area (Å²) >= 11 is 1.68. The largest absolute Gasteiger partial charge is 0.492 e. The highest BCUT2D eigenvalue weighted by molar-refractivity contribution is 7.13. The van der Waals surface area contributed by atoms with Gasteiger partial charge in [-0.15, -0.1) is 11.3 Å². The van der Waals surface area contributed by atoms with Gasteiger partial charge >= 0.3 is 0 Å². The van der Waals surface area contributed by atoms with E-state index < -0.39 is 0 Å². The topological polar surface area (TPSA) is 47.1 Å². The number of ether oxygens (including phenoxy) is 3. The highest BCUT2D eigenvalue weighted by Gasteiger charge is 2.21. The monoisotopic (exact) mass is 423 g/mol. The summed E-state index contributed by atoms with van der Waals surface area (Å²) in [5, 5.41) is 3.18. The van der Waals surface area contributed by atoms with Crippen molar-refractivity contribution in [2.75, 3.05) is 44.5 Å². The van der Waals surface area contributed by atoms with Crippen LogP contribution in [0.2, 0.25) is 0 Å². The third kappa shape index (κ3) is 3.95. The molecular weight excluding hydrogens is 398 g/mol. The van der Waals surface area contributed by atoms with Crippen molar-refractivity contribution in [1.29, 1.82) is 0 Å². The molecule has 2 aliphatic heterocycles. The zero-order valence-corrected chi connectivity index (χ0v) is 17.9. The predicted molar refractivity (Wildman–Crippen MR) is 119 cm³/mol. The molecule has 0 saturated carbocycles. The molecule has 0 aliphatic carbocycles. The smallest absolute Gasteiger partial charge is 0.231 e. The fourth-order valence-corrected chi connectivity index (χ4v) is 4.72. The summed E-state index contributed by atoms with van der Waals surface area (Å²) in [5.41, 5.74) is 3.39. The van der Waals surface area contributed by atoms with Crippen molar-refractivity contribution >= 4 is 17.0 Å². The Balaban J connectivity index is 1.21. The van der Waals surface area contributed by atoms with Crippen molar-refractivity contribution in [3.8, 4) is 27.8 Å². The number of benzene rings is 2. The summed E-state index contributed by atoms with van der Waals surface area (Å²) in [5.74, 6) is 2.58. The van der Waals surface area contributed by atoms with E-state index in [2.05, 4.69) is 33.4 Å². The number of aromatic nitrogens is 1. The molecule has 7 heteroatoms. The standard InChI is InChI=1S/C23H25N3O3S/c1-2-27-20-6-4-3-5-19(20)26-11-9-25(10-12-26)14-18-15-30-23(24-18)17-7-8-21-22(13-17)29-16-28-21/h3-8,13,15H,2,9-12,14,16H2,1H3. The Labute approximate surface area is 180 Å². The van der Waals surface area contributed by atoms with Crippen molar-refractivity contribution in [2.45, 2.75) is 13.5 Å². The lowest BCUT2D eigenvalue weighted by atomic mass is 10.2. The average molecular weight is 424 g/mol. The summed E-state index contributed by atoms with van der Waals surface area (Å²) in [7, 11) is 0. The number of para-hydroxylation sites is 2. The van der Waals surface area contributed by atoms with Gasteiger partial charge in [-0.2, -0.15) is 0 Å². The van der Waals surface area contributed by atoms with Crippen LogP contribution in [-0.2, 0) is 6.54 Å². The molecular formula is C23H25N3O3S. The molecule has 0 amide bonds. The maximum atomic E-state index is 5.80. The Morgan fingerprint density at radius 3 is 2.73 bits per heavy atom. The number of rotatable bonds is 6. The van der Waals surface area contributed by atoms with Crippen molar-refractivity contribution in [2.24, 2.45) is 0 Å². The summed E-state index contributed by atoms with van der Waals surface area (Å²) in [4.78, 5) is 9.75. The van der Waals surface area contributed by atoms with Crippen LogP contribution in [-0.4, -0.2) is 49.5 Å². The van der Waals surface area contributed by atoms with E-state index in [0.29, 0.717) is 13.4 Å². The Kier molecular flexibility index (Phi) is 5.46. The highest BCUT2D eigenvalue weighted by atomic mass is 32.1. The van der Waals surface area contributed by atoms with Crippen molar-refractivity contribution < 1.29 is 14.2 Å². The minimum Gasteiger partial charge on any atom is -0.492 e. The van der Waals surface area contributed by atoms with Gasteiger partial charge in [0.2, 0.25) is 6.79 Å². The average Bonchev–Trinajstić information content (AvgIpc) is 3.44. The third-order valence-corrected chi connectivity index (χ3v) is 6.38. The molecule has 156 valence electrons. The molecule has 0 radical (unpaired) electrons. The number of hydrogen-bond acceptors (Lipinski definition) is 7. The number of anilines is 1. The minimum atomic E-state index is 0.295. The molecule has 0 N–H and O–H groups in total. The second-order valence-corrected chi connectivity index (χ2v) is 8.23. The second-order valence-electron chi connectivity index (χ2n) is 7.38. The molecule has 0 atom stereocenters. The normalized spacial score (nSPS) is 16.1. The van der Waals surface area contributed by atoms with Crippen LogP contribution < -0.4 is 19.1 Å². The van der Waals surface area contributed by atoms with Gasteiger partial charge in [0, 0.05) is 43.7 Å². The first-order valence-corrected chi connectivity index (χ1v) is 11.2. The lowest BCUT2D eigenvalue weighted by Gasteiger charge is -2.36. The van der Waals surface area contributed by atoms with Crippen molar-refractivity contribution in [3.05, 3.63) is 53.5 Å². The van der Waals surface area contributed by atoms with Crippen LogP contribution in [0.15, 0.2) is 47.8 Å². The van der Waals surface area contributed by atoms with Crippen LogP contribution in [0.5, 0.6) is 17.2 Å². The van der Waals surface area contributed by atoms with Gasteiger partial charge in [0.1, 0.15) is 10.8 Å². The van der Waals surface area contributed by atoms with Crippen LogP contribution in [0.1, 0.15) is 12.6 Å². The van der Waals surface area contributed by atoms with Gasteiger partial charge in [-0.05, 0) is 37.3 Å². The number of piperazine rings is 1. The zero-order valence-electron chi connectivity index (χ0n) is 17.0. The lowest BCUT2D eigenvalue weighted by molar-refractivity contribution is 0.174. The van der Waals surface area contributed by atoms with E-state index in [-0.39, 0.29) is 0 Å². The molecule has 5 rings (SSSR count). The van der Waals surface area contributed by atoms with E-state index in [4.69, 9.17) is 19.2 Å². The van der Waals surface area contributed by atoms with E-state index in [1.54, 1.807) is 11.3 Å². The van der Waals surface area contributed by atoms with E-state index in [1.165, 1.54) is 5.69 Å². The molecule has 0 unspecified atom stereocenters. The van der Waals surface area contributed by atoms with E-state index in [0.717, 1.165) is 66.2 Å². The van der Waals surface area contributed by atoms with Crippen LogP contribution >= 0.6 is 11.3 Å². The Morgan fingerprint density at radius 2 is 1.87 bits per heavy atom. The first-order valence-electron chi connectivity index (χ1n) is 10.3. The number of nitrogens with zero attached hydrogens (tertiary/aromatic N) is 3. The van der Waals surface area contributed by atoms with Gasteiger partial charge in [0.15, 0.2) is 11.5 Å². The van der Waals surface area contributed by atoms with E-state index in [1.807, 2.05) is 31.2 Å². The Bertz CT molecular complexity index is 1010. The molecule has 1 aromatic heterocycles. The summed E-state index contributed by atoms with van der Waals surface area (Å²) in [6.07, 6.45) is 0. The minimum absolute atomic E-state index is 0.295. The van der Waals surface area contributed by atoms with Gasteiger partial charge in [0.05, 0.1) is 18.0 Å². The molecule has 2 aromatic carbocycles. The molecule has 1 fully saturated rings. The van der Waals surface area contributed by atoms with Crippen LogP contribution in [0.3, 0.4) is 0 Å². The molecule has 0 bridgehead atoms. The number of hydrogen-bond donors (Lipinski definition) is 0. The second kappa shape index (κ2) is 8.53. The molecule has 3 heterocycles. The van der Waals surface area contributed by atoms with Crippen LogP contribution in [0, 0.1) is 0 Å². The molecule has 6 nitrogen and oxygen atoms in total. The highest BCUT2D eigenvalue weighted by Crippen LogP contribution is 2.37. The predicted octanol–water partition coefficient (Wildman–Crippen LogP) is 4.26. The third-order valence-electron chi connectivity index (χ3n) is 5.43. The van der Waals surface area contributed by atoms with Crippen LogP contribution in [0.4, 0.5) is 5.69 Å². The maximum Gasteiger partial charge on any atom is 0.231 e.